The fourth-order valence-electron chi connectivity index (χ4n) is 3.13. The van der Waals surface area contributed by atoms with E-state index in [1.165, 1.54) is 12.8 Å². The molecule has 0 saturated heterocycles. The number of aromatic nitrogens is 1. The third-order valence-corrected chi connectivity index (χ3v) is 4.38. The molecule has 2 atom stereocenters. The molecule has 1 aliphatic carbocycles. The van der Waals surface area contributed by atoms with E-state index in [0.717, 1.165) is 25.2 Å². The first-order chi connectivity index (χ1) is 9.02. The maximum absolute atomic E-state index is 6.37. The molecule has 3 nitrogen and oxygen atoms in total. The highest BCUT2D eigenvalue weighted by atomic mass is 15.2. The molecule has 1 saturated carbocycles. The fourth-order valence-corrected chi connectivity index (χ4v) is 3.13. The second-order valence-electron chi connectivity index (χ2n) is 6.52. The molecule has 0 bridgehead atoms. The maximum Gasteiger partial charge on any atom is 0.0544 e. The van der Waals surface area contributed by atoms with Crippen LogP contribution in [0.25, 0.3) is 0 Å². The molecular formula is C16H27N3. The second-order valence-corrected chi connectivity index (χ2v) is 6.52. The molecule has 0 spiro atoms. The zero-order valence-electron chi connectivity index (χ0n) is 12.5. The minimum absolute atomic E-state index is 0.302. The third-order valence-electron chi connectivity index (χ3n) is 4.38. The number of rotatable bonds is 4. The molecule has 106 valence electrons. The Balaban J connectivity index is 2.07. The standard InChI is InChI=1S/C16H27N3/c1-4-19(12-13-7-5-6-10-18-13)15-11-16(2,3)9-8-14(15)17/h5-7,10,14-15H,4,8-9,11-12,17H2,1-3H3. The van der Waals surface area contributed by atoms with Gasteiger partial charge in [-0.15, -0.1) is 0 Å². The smallest absolute Gasteiger partial charge is 0.0544 e. The highest BCUT2D eigenvalue weighted by Gasteiger charge is 2.35. The summed E-state index contributed by atoms with van der Waals surface area (Å²) in [5, 5.41) is 0. The van der Waals surface area contributed by atoms with E-state index < -0.39 is 0 Å². The van der Waals surface area contributed by atoms with Gasteiger partial charge in [-0.1, -0.05) is 26.8 Å². The minimum atomic E-state index is 0.302. The predicted octanol–water partition coefficient (Wildman–Crippen LogP) is 2.81. The Morgan fingerprint density at radius 3 is 2.84 bits per heavy atom. The lowest BCUT2D eigenvalue weighted by atomic mass is 9.72. The van der Waals surface area contributed by atoms with Crippen molar-refractivity contribution in [3.05, 3.63) is 30.1 Å². The van der Waals surface area contributed by atoms with E-state index >= 15 is 0 Å². The molecule has 0 aliphatic heterocycles. The van der Waals surface area contributed by atoms with Gasteiger partial charge < -0.3 is 5.73 Å². The number of hydrogen-bond donors (Lipinski definition) is 1. The summed E-state index contributed by atoms with van der Waals surface area (Å²) in [5.74, 6) is 0. The Kier molecular flexibility index (Phi) is 4.58. The molecule has 1 fully saturated rings. The van der Waals surface area contributed by atoms with Crippen molar-refractivity contribution in [1.82, 2.24) is 9.88 Å². The summed E-state index contributed by atoms with van der Waals surface area (Å²) in [7, 11) is 0. The van der Waals surface area contributed by atoms with Crippen LogP contribution >= 0.6 is 0 Å². The Morgan fingerprint density at radius 1 is 1.42 bits per heavy atom. The molecule has 2 unspecified atom stereocenters. The first kappa shape index (κ1) is 14.5. The number of nitrogens with two attached hydrogens (primary N) is 1. The summed E-state index contributed by atoms with van der Waals surface area (Å²) in [5.41, 5.74) is 7.92. The van der Waals surface area contributed by atoms with Gasteiger partial charge in [-0.25, -0.2) is 0 Å². The van der Waals surface area contributed by atoms with Crippen LogP contribution in [0.15, 0.2) is 24.4 Å². The van der Waals surface area contributed by atoms with Crippen molar-refractivity contribution >= 4 is 0 Å². The first-order valence-corrected chi connectivity index (χ1v) is 7.41. The number of likely N-dealkylation sites (N-methyl/N-ethyl adjacent to an activating group) is 1. The summed E-state index contributed by atoms with van der Waals surface area (Å²) < 4.78 is 0. The van der Waals surface area contributed by atoms with E-state index in [1.54, 1.807) is 0 Å². The van der Waals surface area contributed by atoms with Gasteiger partial charge in [0.15, 0.2) is 0 Å². The van der Waals surface area contributed by atoms with E-state index in [1.807, 2.05) is 12.3 Å². The van der Waals surface area contributed by atoms with E-state index in [2.05, 4.69) is 42.8 Å². The SMILES string of the molecule is CCN(Cc1ccccn1)C1CC(C)(C)CCC1N. The highest BCUT2D eigenvalue weighted by Crippen LogP contribution is 2.37. The largest absolute Gasteiger partial charge is 0.326 e. The Hall–Kier alpha value is -0.930. The molecule has 1 aromatic heterocycles. The van der Waals surface area contributed by atoms with Gasteiger partial charge in [-0.2, -0.15) is 0 Å². The Morgan fingerprint density at radius 2 is 2.21 bits per heavy atom. The van der Waals surface area contributed by atoms with Crippen LogP contribution in [0.5, 0.6) is 0 Å². The first-order valence-electron chi connectivity index (χ1n) is 7.41. The van der Waals surface area contributed by atoms with Crippen LogP contribution in [0, 0.1) is 5.41 Å². The average Bonchev–Trinajstić information content (AvgIpc) is 2.40. The third kappa shape index (κ3) is 3.77. The van der Waals surface area contributed by atoms with Crippen molar-refractivity contribution in [1.29, 1.82) is 0 Å². The zero-order valence-corrected chi connectivity index (χ0v) is 12.5. The second kappa shape index (κ2) is 6.02. The molecule has 1 aliphatic rings. The molecule has 1 aromatic rings. The molecule has 3 heteroatoms. The van der Waals surface area contributed by atoms with E-state index in [-0.39, 0.29) is 0 Å². The van der Waals surface area contributed by atoms with Crippen molar-refractivity contribution in [2.24, 2.45) is 11.1 Å². The van der Waals surface area contributed by atoms with Crippen LogP contribution in [-0.4, -0.2) is 28.5 Å². The van der Waals surface area contributed by atoms with Crippen LogP contribution < -0.4 is 5.73 Å². The Bertz CT molecular complexity index is 388. The van der Waals surface area contributed by atoms with E-state index in [4.69, 9.17) is 5.73 Å². The van der Waals surface area contributed by atoms with Gasteiger partial charge in [0.1, 0.15) is 0 Å². The van der Waals surface area contributed by atoms with Crippen molar-refractivity contribution < 1.29 is 0 Å². The predicted molar refractivity (Wildman–Crippen MR) is 79.7 cm³/mol. The molecule has 0 aromatic carbocycles. The fraction of sp³-hybridized carbons (Fsp3) is 0.688. The van der Waals surface area contributed by atoms with Gasteiger partial charge in [0, 0.05) is 24.8 Å². The quantitative estimate of drug-likeness (QED) is 0.906. The van der Waals surface area contributed by atoms with Crippen LogP contribution in [0.3, 0.4) is 0 Å². The topological polar surface area (TPSA) is 42.2 Å². The summed E-state index contributed by atoms with van der Waals surface area (Å²) in [4.78, 5) is 6.93. The molecule has 19 heavy (non-hydrogen) atoms. The lowest BCUT2D eigenvalue weighted by Crippen LogP contribution is -2.52. The summed E-state index contributed by atoms with van der Waals surface area (Å²) >= 11 is 0. The maximum atomic E-state index is 6.37. The summed E-state index contributed by atoms with van der Waals surface area (Å²) in [6.45, 7) is 8.88. The van der Waals surface area contributed by atoms with Crippen LogP contribution in [0.2, 0.25) is 0 Å². The molecule has 2 rings (SSSR count). The van der Waals surface area contributed by atoms with Gasteiger partial charge in [0.05, 0.1) is 5.69 Å². The molecular weight excluding hydrogens is 234 g/mol. The van der Waals surface area contributed by atoms with Crippen molar-refractivity contribution in [2.45, 2.75) is 58.7 Å². The van der Waals surface area contributed by atoms with Gasteiger partial charge in [0.2, 0.25) is 0 Å². The van der Waals surface area contributed by atoms with Crippen LogP contribution in [-0.2, 0) is 6.54 Å². The summed E-state index contributed by atoms with van der Waals surface area (Å²) in [6, 6.07) is 6.91. The summed E-state index contributed by atoms with van der Waals surface area (Å²) in [6.07, 6.45) is 5.44. The molecule has 1 heterocycles. The molecule has 2 N–H and O–H groups in total. The molecule has 0 amide bonds. The number of nitrogens with zero attached hydrogens (tertiary/aromatic N) is 2. The zero-order chi connectivity index (χ0) is 13.9. The van der Waals surface area contributed by atoms with Gasteiger partial charge in [0.25, 0.3) is 0 Å². The normalized spacial score (nSPS) is 26.6. The molecule has 0 radical (unpaired) electrons. The van der Waals surface area contributed by atoms with E-state index in [9.17, 15) is 0 Å². The van der Waals surface area contributed by atoms with Crippen molar-refractivity contribution in [3.63, 3.8) is 0 Å². The number of hydrogen-bond acceptors (Lipinski definition) is 3. The van der Waals surface area contributed by atoms with Gasteiger partial charge >= 0.3 is 0 Å². The van der Waals surface area contributed by atoms with Crippen molar-refractivity contribution in [3.8, 4) is 0 Å². The van der Waals surface area contributed by atoms with Gasteiger partial charge in [-0.05, 0) is 43.4 Å². The monoisotopic (exact) mass is 261 g/mol. The Labute approximate surface area is 117 Å². The van der Waals surface area contributed by atoms with Crippen LogP contribution in [0.1, 0.15) is 45.7 Å². The lowest BCUT2D eigenvalue weighted by Gasteiger charge is -2.44. The lowest BCUT2D eigenvalue weighted by molar-refractivity contribution is 0.0753. The average molecular weight is 261 g/mol. The van der Waals surface area contributed by atoms with E-state index in [0.29, 0.717) is 17.5 Å². The highest BCUT2D eigenvalue weighted by molar-refractivity contribution is 5.04. The minimum Gasteiger partial charge on any atom is -0.326 e. The van der Waals surface area contributed by atoms with Crippen LogP contribution in [0.4, 0.5) is 0 Å². The number of pyridine rings is 1. The van der Waals surface area contributed by atoms with Crippen molar-refractivity contribution in [2.75, 3.05) is 6.54 Å². The van der Waals surface area contributed by atoms with Gasteiger partial charge in [-0.3, -0.25) is 9.88 Å².